The first-order valence-corrected chi connectivity index (χ1v) is 5.30. The maximum absolute atomic E-state index is 5.89. The zero-order chi connectivity index (χ0) is 10.3. The number of benzene rings is 1. The second-order valence-electron chi connectivity index (χ2n) is 5.02. The van der Waals surface area contributed by atoms with Crippen LogP contribution in [0.15, 0.2) is 18.2 Å². The summed E-state index contributed by atoms with van der Waals surface area (Å²) < 4.78 is 5.89. The Morgan fingerprint density at radius 1 is 1.29 bits per heavy atom. The molecule has 0 N–H and O–H groups in total. The van der Waals surface area contributed by atoms with E-state index in [-0.39, 0.29) is 5.60 Å². The molecule has 0 atom stereocenters. The molecule has 0 bridgehead atoms. The summed E-state index contributed by atoms with van der Waals surface area (Å²) in [6, 6.07) is 6.39. The number of ether oxygens (including phenoxy) is 1. The van der Waals surface area contributed by atoms with Crippen LogP contribution < -0.4 is 4.74 Å². The van der Waals surface area contributed by atoms with Gasteiger partial charge in [-0.25, -0.2) is 0 Å². The first-order chi connectivity index (χ1) is 6.49. The zero-order valence-electron chi connectivity index (χ0n) is 9.42. The highest BCUT2D eigenvalue weighted by Crippen LogP contribution is 2.38. The smallest absolute Gasteiger partial charge is 0.123 e. The first-order valence-electron chi connectivity index (χ1n) is 5.30. The molecule has 2 rings (SSSR count). The molecule has 1 aliphatic heterocycles. The van der Waals surface area contributed by atoms with Crippen LogP contribution in [0.4, 0.5) is 0 Å². The molecule has 0 amide bonds. The summed E-state index contributed by atoms with van der Waals surface area (Å²) in [5.74, 6) is 1.67. The molecule has 0 radical (unpaired) electrons. The summed E-state index contributed by atoms with van der Waals surface area (Å²) >= 11 is 0. The van der Waals surface area contributed by atoms with Gasteiger partial charge < -0.3 is 4.74 Å². The minimum atomic E-state index is -0.0205. The molecule has 1 aliphatic rings. The average Bonchev–Trinajstić information content (AvgIpc) is 2.36. The van der Waals surface area contributed by atoms with Crippen molar-refractivity contribution in [1.29, 1.82) is 0 Å². The van der Waals surface area contributed by atoms with Gasteiger partial charge in [0.2, 0.25) is 0 Å². The average molecular weight is 190 g/mol. The lowest BCUT2D eigenvalue weighted by Crippen LogP contribution is -2.24. The number of fused-ring (bicyclic) bond motifs is 1. The van der Waals surface area contributed by atoms with Crippen molar-refractivity contribution < 1.29 is 4.74 Å². The van der Waals surface area contributed by atoms with E-state index in [0.717, 1.165) is 12.2 Å². The third-order valence-electron chi connectivity index (χ3n) is 2.78. The van der Waals surface area contributed by atoms with E-state index in [1.165, 1.54) is 11.1 Å². The topological polar surface area (TPSA) is 9.23 Å². The van der Waals surface area contributed by atoms with Crippen molar-refractivity contribution in [1.82, 2.24) is 0 Å². The monoisotopic (exact) mass is 190 g/mol. The van der Waals surface area contributed by atoms with E-state index in [4.69, 9.17) is 4.74 Å². The van der Waals surface area contributed by atoms with E-state index in [1.54, 1.807) is 0 Å². The SMILES string of the molecule is CC(C)c1cccc2c1CC(C)(C)O2. The predicted molar refractivity (Wildman–Crippen MR) is 58.9 cm³/mol. The van der Waals surface area contributed by atoms with Gasteiger partial charge in [0.05, 0.1) is 0 Å². The summed E-state index contributed by atoms with van der Waals surface area (Å²) in [4.78, 5) is 0. The normalized spacial score (nSPS) is 18.1. The molecule has 14 heavy (non-hydrogen) atoms. The minimum absolute atomic E-state index is 0.0205. The lowest BCUT2D eigenvalue weighted by molar-refractivity contribution is 0.138. The molecule has 0 saturated carbocycles. The Hall–Kier alpha value is -0.980. The molecule has 1 heterocycles. The highest BCUT2D eigenvalue weighted by molar-refractivity contribution is 5.45. The van der Waals surface area contributed by atoms with Gasteiger partial charge in [-0.15, -0.1) is 0 Å². The van der Waals surface area contributed by atoms with E-state index in [1.807, 2.05) is 0 Å². The summed E-state index contributed by atoms with van der Waals surface area (Å²) in [5, 5.41) is 0. The van der Waals surface area contributed by atoms with Crippen molar-refractivity contribution in [3.63, 3.8) is 0 Å². The van der Waals surface area contributed by atoms with Gasteiger partial charge in [0.15, 0.2) is 0 Å². The molecule has 0 saturated heterocycles. The molecular formula is C13H18O. The third-order valence-corrected chi connectivity index (χ3v) is 2.78. The number of hydrogen-bond donors (Lipinski definition) is 0. The summed E-state index contributed by atoms with van der Waals surface area (Å²) in [7, 11) is 0. The molecule has 1 heteroatoms. The fourth-order valence-corrected chi connectivity index (χ4v) is 2.17. The van der Waals surface area contributed by atoms with Gasteiger partial charge in [0.25, 0.3) is 0 Å². The molecule has 0 aliphatic carbocycles. The summed E-state index contributed by atoms with van der Waals surface area (Å²) in [6.07, 6.45) is 1.04. The van der Waals surface area contributed by atoms with Crippen molar-refractivity contribution in [3.05, 3.63) is 29.3 Å². The fraction of sp³-hybridized carbons (Fsp3) is 0.538. The van der Waals surface area contributed by atoms with Crippen LogP contribution in [0.3, 0.4) is 0 Å². The number of hydrogen-bond acceptors (Lipinski definition) is 1. The standard InChI is InChI=1S/C13H18O/c1-9(2)10-6-5-7-12-11(10)8-13(3,4)14-12/h5-7,9H,8H2,1-4H3. The molecular weight excluding hydrogens is 172 g/mol. The van der Waals surface area contributed by atoms with Crippen molar-refractivity contribution >= 4 is 0 Å². The minimum Gasteiger partial charge on any atom is -0.487 e. The largest absolute Gasteiger partial charge is 0.487 e. The van der Waals surface area contributed by atoms with Crippen LogP contribution >= 0.6 is 0 Å². The Kier molecular flexibility index (Phi) is 2.06. The van der Waals surface area contributed by atoms with Crippen LogP contribution in [0.1, 0.15) is 44.7 Å². The molecule has 0 aromatic heterocycles. The van der Waals surface area contributed by atoms with Gasteiger partial charge >= 0.3 is 0 Å². The van der Waals surface area contributed by atoms with Crippen LogP contribution in [0.25, 0.3) is 0 Å². The summed E-state index contributed by atoms with van der Waals surface area (Å²) in [5.41, 5.74) is 2.83. The molecule has 1 aromatic rings. The highest BCUT2D eigenvalue weighted by atomic mass is 16.5. The molecule has 0 unspecified atom stereocenters. The summed E-state index contributed by atoms with van der Waals surface area (Å²) in [6.45, 7) is 8.77. The molecule has 1 aromatic carbocycles. The Morgan fingerprint density at radius 2 is 2.00 bits per heavy atom. The van der Waals surface area contributed by atoms with Crippen molar-refractivity contribution in [2.45, 2.75) is 45.6 Å². The highest BCUT2D eigenvalue weighted by Gasteiger charge is 2.31. The van der Waals surface area contributed by atoms with Crippen LogP contribution in [-0.2, 0) is 6.42 Å². The van der Waals surface area contributed by atoms with E-state index in [2.05, 4.69) is 45.9 Å². The fourth-order valence-electron chi connectivity index (χ4n) is 2.17. The van der Waals surface area contributed by atoms with Gasteiger partial charge in [-0.05, 0) is 31.4 Å². The quantitative estimate of drug-likeness (QED) is 0.658. The second kappa shape index (κ2) is 3.01. The Labute approximate surface area is 86.1 Å². The first kappa shape index (κ1) is 9.57. The van der Waals surface area contributed by atoms with Gasteiger partial charge in [0, 0.05) is 12.0 Å². The van der Waals surface area contributed by atoms with Crippen LogP contribution in [0, 0.1) is 0 Å². The Morgan fingerprint density at radius 3 is 2.64 bits per heavy atom. The lowest BCUT2D eigenvalue weighted by atomic mass is 9.92. The van der Waals surface area contributed by atoms with Gasteiger partial charge in [-0.3, -0.25) is 0 Å². The maximum atomic E-state index is 5.89. The third kappa shape index (κ3) is 1.52. The van der Waals surface area contributed by atoms with Crippen LogP contribution in [-0.4, -0.2) is 5.60 Å². The van der Waals surface area contributed by atoms with Gasteiger partial charge in [-0.1, -0.05) is 26.0 Å². The van der Waals surface area contributed by atoms with E-state index >= 15 is 0 Å². The van der Waals surface area contributed by atoms with E-state index in [0.29, 0.717) is 5.92 Å². The maximum Gasteiger partial charge on any atom is 0.123 e. The second-order valence-corrected chi connectivity index (χ2v) is 5.02. The van der Waals surface area contributed by atoms with Gasteiger partial charge in [-0.2, -0.15) is 0 Å². The van der Waals surface area contributed by atoms with Crippen molar-refractivity contribution in [2.75, 3.05) is 0 Å². The molecule has 76 valence electrons. The Bertz CT molecular complexity index is 350. The van der Waals surface area contributed by atoms with E-state index < -0.39 is 0 Å². The van der Waals surface area contributed by atoms with Crippen LogP contribution in [0.2, 0.25) is 0 Å². The van der Waals surface area contributed by atoms with Gasteiger partial charge in [0.1, 0.15) is 11.4 Å². The van der Waals surface area contributed by atoms with Crippen LogP contribution in [0.5, 0.6) is 5.75 Å². The Balaban J connectivity index is 2.46. The molecule has 1 nitrogen and oxygen atoms in total. The molecule has 0 spiro atoms. The number of rotatable bonds is 1. The molecule has 0 fully saturated rings. The predicted octanol–water partition coefficient (Wildman–Crippen LogP) is 3.52. The van der Waals surface area contributed by atoms with E-state index in [9.17, 15) is 0 Å². The lowest BCUT2D eigenvalue weighted by Gasteiger charge is -2.16. The zero-order valence-corrected chi connectivity index (χ0v) is 9.42. The van der Waals surface area contributed by atoms with Crippen molar-refractivity contribution in [3.8, 4) is 5.75 Å². The van der Waals surface area contributed by atoms with Crippen molar-refractivity contribution in [2.24, 2.45) is 0 Å².